The molecule has 5 heterocycles. The van der Waals surface area contributed by atoms with E-state index in [0.29, 0.717) is 63.9 Å². The summed E-state index contributed by atoms with van der Waals surface area (Å²) in [5.74, 6) is -1.98. The number of fused-ring (bicyclic) bond motifs is 2. The molecule has 0 saturated carbocycles. The molecule has 11 nitrogen and oxygen atoms in total. The van der Waals surface area contributed by atoms with Gasteiger partial charge in [-0.1, -0.05) is 45.1 Å². The first-order valence-corrected chi connectivity index (χ1v) is 16.8. The molecule has 46 heavy (non-hydrogen) atoms. The molecule has 0 radical (unpaired) electrons. The summed E-state index contributed by atoms with van der Waals surface area (Å²) in [7, 11) is 0. The maximum absolute atomic E-state index is 14.8. The number of ether oxygens (including phenoxy) is 3. The Kier molecular flexibility index (Phi) is 9.31. The Hall–Kier alpha value is -3.25. The van der Waals surface area contributed by atoms with Crippen molar-refractivity contribution >= 4 is 23.4 Å². The number of likely N-dealkylation sites (tertiary alicyclic amines) is 1. The van der Waals surface area contributed by atoms with Crippen LogP contribution in [0.4, 0.5) is 5.69 Å². The molecule has 5 aliphatic rings. The number of aliphatic hydroxyl groups excluding tert-OH is 1. The van der Waals surface area contributed by atoms with Crippen molar-refractivity contribution in [3.8, 4) is 5.75 Å². The third kappa shape index (κ3) is 5.35. The van der Waals surface area contributed by atoms with Crippen LogP contribution in [0.15, 0.2) is 48.6 Å². The Morgan fingerprint density at radius 1 is 0.935 bits per heavy atom. The number of aliphatic hydroxyl groups is 1. The average molecular weight is 637 g/mol. The molecule has 1 N–H and O–H groups in total. The minimum absolute atomic E-state index is 0.132. The zero-order valence-corrected chi connectivity index (χ0v) is 27.5. The van der Waals surface area contributed by atoms with E-state index in [4.69, 9.17) is 14.2 Å². The molecule has 1 aromatic rings. The second-order valence-corrected chi connectivity index (χ2v) is 13.3. The maximum atomic E-state index is 14.8. The Balaban J connectivity index is 1.40. The minimum atomic E-state index is -1.37. The summed E-state index contributed by atoms with van der Waals surface area (Å²) in [5.41, 5.74) is -1.75. The molecule has 3 fully saturated rings. The standard InChI is InChI=1S/C35H48N4O7/c1-5-34-13-7-16-38(25-9-11-26(12-10-25)45-6-2)31(41)28(34)29-32(42)39(27(23-40)24(3)4)30-33(43)37(15-8-14-35(29,30)46-34)18-17-36-19-21-44-22-20-36/h7-14,24,27-30,40H,5-6,15-23H2,1-4H3/t27-,28-,29-,30?,34+,35-/m0/s1. The van der Waals surface area contributed by atoms with Gasteiger partial charge >= 0.3 is 0 Å². The van der Waals surface area contributed by atoms with Gasteiger partial charge in [-0.15, -0.1) is 0 Å². The minimum Gasteiger partial charge on any atom is -0.494 e. The summed E-state index contributed by atoms with van der Waals surface area (Å²) >= 11 is 0. The van der Waals surface area contributed by atoms with Crippen LogP contribution in [0.25, 0.3) is 0 Å². The van der Waals surface area contributed by atoms with Crippen LogP contribution in [-0.2, 0) is 23.9 Å². The summed E-state index contributed by atoms with van der Waals surface area (Å²) in [4.78, 5) is 51.7. The fourth-order valence-electron chi connectivity index (χ4n) is 8.13. The summed E-state index contributed by atoms with van der Waals surface area (Å²) in [6.07, 6.45) is 8.14. The molecule has 250 valence electrons. The quantitative estimate of drug-likeness (QED) is 0.389. The van der Waals surface area contributed by atoms with Gasteiger partial charge in [-0.2, -0.15) is 0 Å². The molecule has 0 aliphatic carbocycles. The average Bonchev–Trinajstić information content (AvgIpc) is 3.35. The molecule has 11 heteroatoms. The topological polar surface area (TPSA) is 112 Å². The van der Waals surface area contributed by atoms with Crippen LogP contribution >= 0.6 is 0 Å². The summed E-state index contributed by atoms with van der Waals surface area (Å²) in [6, 6.07) is 5.76. The highest BCUT2D eigenvalue weighted by molar-refractivity contribution is 6.04. The van der Waals surface area contributed by atoms with Crippen molar-refractivity contribution in [2.45, 2.75) is 57.4 Å². The summed E-state index contributed by atoms with van der Waals surface area (Å²) < 4.78 is 18.2. The van der Waals surface area contributed by atoms with E-state index in [9.17, 15) is 19.5 Å². The van der Waals surface area contributed by atoms with Gasteiger partial charge in [-0.3, -0.25) is 19.3 Å². The maximum Gasteiger partial charge on any atom is 0.249 e. The molecule has 1 spiro atoms. The van der Waals surface area contributed by atoms with Crippen LogP contribution in [0.5, 0.6) is 5.75 Å². The second kappa shape index (κ2) is 13.1. The lowest BCUT2D eigenvalue weighted by Gasteiger charge is -2.42. The molecule has 1 aromatic carbocycles. The SMILES string of the molecule is CCOc1ccc(N2CC=C[C@@]3(CC)O[C@]45C=CCN(CCN6CCOCC6)C(=O)C4N([C@@H](CO)C(C)C)C(=O)[C@@H]5[C@H]3C2=O)cc1. The van der Waals surface area contributed by atoms with Crippen LogP contribution in [0.2, 0.25) is 0 Å². The Labute approximate surface area is 271 Å². The summed E-state index contributed by atoms with van der Waals surface area (Å²) in [5, 5.41) is 10.6. The molecule has 5 aliphatic heterocycles. The Bertz CT molecular complexity index is 1360. The van der Waals surface area contributed by atoms with Gasteiger partial charge in [0.2, 0.25) is 17.7 Å². The van der Waals surface area contributed by atoms with Crippen LogP contribution in [0, 0.1) is 17.8 Å². The van der Waals surface area contributed by atoms with Crippen molar-refractivity contribution in [1.82, 2.24) is 14.7 Å². The number of anilines is 1. The van der Waals surface area contributed by atoms with E-state index < -0.39 is 35.1 Å². The summed E-state index contributed by atoms with van der Waals surface area (Å²) in [6.45, 7) is 12.8. The fraction of sp³-hybridized carbons (Fsp3) is 0.629. The highest BCUT2D eigenvalue weighted by Gasteiger charge is 2.76. The molecular formula is C35H48N4O7. The van der Waals surface area contributed by atoms with Crippen LogP contribution < -0.4 is 9.64 Å². The van der Waals surface area contributed by atoms with Gasteiger partial charge in [-0.05, 0) is 43.5 Å². The first kappa shape index (κ1) is 32.7. The molecule has 0 bridgehead atoms. The highest BCUT2D eigenvalue weighted by atomic mass is 16.5. The van der Waals surface area contributed by atoms with Gasteiger partial charge in [0.1, 0.15) is 17.4 Å². The second-order valence-electron chi connectivity index (χ2n) is 13.3. The first-order valence-electron chi connectivity index (χ1n) is 16.8. The van der Waals surface area contributed by atoms with Gasteiger partial charge in [0.15, 0.2) is 0 Å². The lowest BCUT2D eigenvalue weighted by molar-refractivity contribution is -0.156. The molecule has 1 unspecified atom stereocenters. The zero-order chi connectivity index (χ0) is 32.6. The lowest BCUT2D eigenvalue weighted by atomic mass is 9.73. The van der Waals surface area contributed by atoms with Gasteiger partial charge in [-0.25, -0.2) is 0 Å². The normalized spacial score (nSPS) is 32.0. The number of carbonyl (C=O) groups excluding carboxylic acids is 3. The number of rotatable bonds is 10. The van der Waals surface area contributed by atoms with Gasteiger partial charge in [0.05, 0.1) is 49.9 Å². The van der Waals surface area contributed by atoms with Crippen LogP contribution in [-0.4, -0.2) is 127 Å². The van der Waals surface area contributed by atoms with Crippen molar-refractivity contribution in [2.75, 3.05) is 70.6 Å². The number of hydrogen-bond donors (Lipinski definition) is 1. The molecular weight excluding hydrogens is 588 g/mol. The Morgan fingerprint density at radius 3 is 2.30 bits per heavy atom. The number of benzene rings is 1. The van der Waals surface area contributed by atoms with E-state index in [-0.39, 0.29) is 30.2 Å². The van der Waals surface area contributed by atoms with E-state index in [1.165, 1.54) is 0 Å². The van der Waals surface area contributed by atoms with Crippen LogP contribution in [0.1, 0.15) is 34.1 Å². The molecule has 3 amide bonds. The Morgan fingerprint density at radius 2 is 1.65 bits per heavy atom. The largest absolute Gasteiger partial charge is 0.494 e. The van der Waals surface area contributed by atoms with E-state index in [0.717, 1.165) is 13.1 Å². The third-order valence-corrected chi connectivity index (χ3v) is 10.5. The first-order chi connectivity index (χ1) is 22.2. The predicted octanol–water partition coefficient (Wildman–Crippen LogP) is 2.10. The molecule has 3 saturated heterocycles. The predicted molar refractivity (Wildman–Crippen MR) is 172 cm³/mol. The number of nitrogens with zero attached hydrogens (tertiary/aromatic N) is 4. The van der Waals surface area contributed by atoms with Gasteiger partial charge < -0.3 is 34.0 Å². The number of amides is 3. The fourth-order valence-corrected chi connectivity index (χ4v) is 8.13. The van der Waals surface area contributed by atoms with E-state index in [1.807, 2.05) is 76.3 Å². The van der Waals surface area contributed by atoms with Crippen molar-refractivity contribution in [3.63, 3.8) is 0 Å². The van der Waals surface area contributed by atoms with Gasteiger partial charge in [0.25, 0.3) is 0 Å². The molecule has 6 rings (SSSR count). The zero-order valence-electron chi connectivity index (χ0n) is 27.5. The smallest absolute Gasteiger partial charge is 0.249 e. The van der Waals surface area contributed by atoms with Crippen molar-refractivity contribution in [3.05, 3.63) is 48.6 Å². The number of carbonyl (C=O) groups is 3. The lowest BCUT2D eigenvalue weighted by Crippen LogP contribution is -2.60. The van der Waals surface area contributed by atoms with E-state index >= 15 is 0 Å². The number of hydrogen-bond acceptors (Lipinski definition) is 8. The van der Waals surface area contributed by atoms with Crippen molar-refractivity contribution in [2.24, 2.45) is 17.8 Å². The third-order valence-electron chi connectivity index (χ3n) is 10.5. The van der Waals surface area contributed by atoms with Crippen molar-refractivity contribution in [1.29, 1.82) is 0 Å². The van der Waals surface area contributed by atoms with E-state index in [1.54, 1.807) is 14.7 Å². The van der Waals surface area contributed by atoms with Gasteiger partial charge in [0, 0.05) is 45.0 Å². The van der Waals surface area contributed by atoms with Crippen LogP contribution in [0.3, 0.4) is 0 Å². The molecule has 0 aromatic heterocycles. The highest BCUT2D eigenvalue weighted by Crippen LogP contribution is 2.59. The number of morpholine rings is 1. The van der Waals surface area contributed by atoms with E-state index in [2.05, 4.69) is 4.90 Å². The monoisotopic (exact) mass is 636 g/mol. The van der Waals surface area contributed by atoms with Crippen molar-refractivity contribution < 1.29 is 33.7 Å². The molecule has 6 atom stereocenters.